The highest BCUT2D eigenvalue weighted by molar-refractivity contribution is 7.88. The molecule has 1 aromatic rings. The SMILES string of the molecule is CN(C)C(CNC(=O)C1CCCN1S(C)(=O)=O)c1ccco1. The van der Waals surface area contributed by atoms with Crippen LogP contribution in [0.4, 0.5) is 0 Å². The zero-order chi connectivity index (χ0) is 16.3. The average Bonchev–Trinajstić information content (AvgIpc) is 3.08. The van der Waals surface area contributed by atoms with Gasteiger partial charge in [-0.15, -0.1) is 0 Å². The Balaban J connectivity index is 1.99. The van der Waals surface area contributed by atoms with Gasteiger partial charge in [-0.25, -0.2) is 8.42 Å². The monoisotopic (exact) mass is 329 g/mol. The zero-order valence-electron chi connectivity index (χ0n) is 13.2. The Morgan fingerprint density at radius 2 is 2.27 bits per heavy atom. The lowest BCUT2D eigenvalue weighted by molar-refractivity contribution is -0.124. The largest absolute Gasteiger partial charge is 0.468 e. The van der Waals surface area contributed by atoms with Crippen molar-refractivity contribution in [2.45, 2.75) is 24.9 Å². The molecule has 2 atom stereocenters. The molecule has 1 aliphatic rings. The second kappa shape index (κ2) is 6.80. The Labute approximate surface area is 131 Å². The van der Waals surface area contributed by atoms with Crippen LogP contribution in [0, 0.1) is 0 Å². The minimum atomic E-state index is -3.35. The lowest BCUT2D eigenvalue weighted by Gasteiger charge is -2.25. The van der Waals surface area contributed by atoms with Crippen LogP contribution in [0.1, 0.15) is 24.6 Å². The first-order chi connectivity index (χ1) is 10.3. The minimum Gasteiger partial charge on any atom is -0.468 e. The number of likely N-dealkylation sites (N-methyl/N-ethyl adjacent to an activating group) is 1. The predicted molar refractivity (Wildman–Crippen MR) is 82.7 cm³/mol. The number of hydrogen-bond acceptors (Lipinski definition) is 5. The van der Waals surface area contributed by atoms with Crippen LogP contribution >= 0.6 is 0 Å². The summed E-state index contributed by atoms with van der Waals surface area (Å²) >= 11 is 0. The Morgan fingerprint density at radius 1 is 1.55 bits per heavy atom. The fraction of sp³-hybridized carbons (Fsp3) is 0.643. The van der Waals surface area contributed by atoms with Gasteiger partial charge < -0.3 is 9.73 Å². The predicted octanol–water partition coefficient (Wildman–Crippen LogP) is 0.423. The van der Waals surface area contributed by atoms with E-state index in [0.29, 0.717) is 25.9 Å². The number of sulfonamides is 1. The molecule has 2 rings (SSSR count). The molecule has 1 N–H and O–H groups in total. The van der Waals surface area contributed by atoms with Crippen LogP contribution in [0.2, 0.25) is 0 Å². The van der Waals surface area contributed by atoms with E-state index < -0.39 is 16.1 Å². The van der Waals surface area contributed by atoms with E-state index in [4.69, 9.17) is 4.42 Å². The molecule has 1 saturated heterocycles. The van der Waals surface area contributed by atoms with Gasteiger partial charge in [0.15, 0.2) is 0 Å². The van der Waals surface area contributed by atoms with Crippen LogP contribution in [0.15, 0.2) is 22.8 Å². The van der Waals surface area contributed by atoms with Gasteiger partial charge in [0.05, 0.1) is 18.6 Å². The molecule has 0 radical (unpaired) electrons. The number of hydrogen-bond donors (Lipinski definition) is 1. The van der Waals surface area contributed by atoms with Gasteiger partial charge in [0.25, 0.3) is 0 Å². The lowest BCUT2D eigenvalue weighted by atomic mass is 10.2. The van der Waals surface area contributed by atoms with Gasteiger partial charge in [0.1, 0.15) is 11.8 Å². The molecular formula is C14H23N3O4S. The minimum absolute atomic E-state index is 0.0907. The van der Waals surface area contributed by atoms with Crippen molar-refractivity contribution < 1.29 is 17.6 Å². The van der Waals surface area contributed by atoms with Crippen molar-refractivity contribution in [2.75, 3.05) is 33.4 Å². The van der Waals surface area contributed by atoms with Gasteiger partial charge >= 0.3 is 0 Å². The van der Waals surface area contributed by atoms with Crippen molar-refractivity contribution in [3.8, 4) is 0 Å². The normalized spacial score (nSPS) is 21.2. The van der Waals surface area contributed by atoms with E-state index in [1.54, 1.807) is 12.3 Å². The van der Waals surface area contributed by atoms with E-state index in [2.05, 4.69) is 5.32 Å². The first kappa shape index (κ1) is 17.0. The number of amides is 1. The van der Waals surface area contributed by atoms with E-state index in [1.165, 1.54) is 4.31 Å². The van der Waals surface area contributed by atoms with Crippen molar-refractivity contribution in [3.63, 3.8) is 0 Å². The van der Waals surface area contributed by atoms with Gasteiger partial charge in [0.2, 0.25) is 15.9 Å². The molecule has 0 spiro atoms. The summed E-state index contributed by atoms with van der Waals surface area (Å²) in [5.41, 5.74) is 0. The molecule has 1 aliphatic heterocycles. The Morgan fingerprint density at radius 3 is 2.82 bits per heavy atom. The lowest BCUT2D eigenvalue weighted by Crippen LogP contribution is -2.47. The number of carbonyl (C=O) groups is 1. The van der Waals surface area contributed by atoms with Crippen LogP contribution in [-0.2, 0) is 14.8 Å². The van der Waals surface area contributed by atoms with Gasteiger partial charge in [0, 0.05) is 13.1 Å². The maximum Gasteiger partial charge on any atom is 0.238 e. The summed E-state index contributed by atoms with van der Waals surface area (Å²) in [5, 5.41) is 2.85. The van der Waals surface area contributed by atoms with Gasteiger partial charge in [-0.05, 0) is 39.1 Å². The maximum atomic E-state index is 12.3. The van der Waals surface area contributed by atoms with Crippen LogP contribution in [0.5, 0.6) is 0 Å². The van der Waals surface area contributed by atoms with Crippen molar-refractivity contribution in [1.29, 1.82) is 0 Å². The molecule has 1 aromatic heterocycles. The molecule has 2 unspecified atom stereocenters. The first-order valence-corrected chi connectivity index (χ1v) is 9.10. The third-order valence-corrected chi connectivity index (χ3v) is 5.19. The van der Waals surface area contributed by atoms with Crippen molar-refractivity contribution >= 4 is 15.9 Å². The van der Waals surface area contributed by atoms with Gasteiger partial charge in [-0.2, -0.15) is 4.31 Å². The van der Waals surface area contributed by atoms with Gasteiger partial charge in [-0.1, -0.05) is 0 Å². The van der Waals surface area contributed by atoms with Crippen molar-refractivity contribution in [1.82, 2.24) is 14.5 Å². The topological polar surface area (TPSA) is 82.9 Å². The summed E-state index contributed by atoms with van der Waals surface area (Å²) in [6.45, 7) is 0.777. The Hall–Kier alpha value is -1.38. The first-order valence-electron chi connectivity index (χ1n) is 7.25. The third kappa shape index (κ3) is 3.88. The summed E-state index contributed by atoms with van der Waals surface area (Å²) < 4.78 is 30.1. The fourth-order valence-electron chi connectivity index (χ4n) is 2.73. The van der Waals surface area contributed by atoms with E-state index in [1.807, 2.05) is 25.1 Å². The molecule has 0 aromatic carbocycles. The standard InChI is InChI=1S/C14H23N3O4S/c1-16(2)12(13-7-5-9-21-13)10-15-14(18)11-6-4-8-17(11)22(3,19)20/h5,7,9,11-12H,4,6,8,10H2,1-3H3,(H,15,18). The highest BCUT2D eigenvalue weighted by Crippen LogP contribution is 2.21. The summed E-state index contributed by atoms with van der Waals surface area (Å²) in [6.07, 6.45) is 4.01. The van der Waals surface area contributed by atoms with Crippen LogP contribution in [0.3, 0.4) is 0 Å². The fourth-order valence-corrected chi connectivity index (χ4v) is 3.86. The Bertz CT molecular complexity index is 598. The number of rotatable bonds is 6. The highest BCUT2D eigenvalue weighted by Gasteiger charge is 2.36. The van der Waals surface area contributed by atoms with E-state index in [-0.39, 0.29) is 11.9 Å². The molecule has 22 heavy (non-hydrogen) atoms. The second-order valence-corrected chi connectivity index (χ2v) is 7.71. The van der Waals surface area contributed by atoms with Crippen LogP contribution < -0.4 is 5.32 Å². The summed E-state index contributed by atoms with van der Waals surface area (Å²) in [4.78, 5) is 14.3. The molecule has 1 amide bonds. The van der Waals surface area contributed by atoms with E-state index in [9.17, 15) is 13.2 Å². The third-order valence-electron chi connectivity index (χ3n) is 3.90. The molecule has 0 bridgehead atoms. The molecule has 1 fully saturated rings. The van der Waals surface area contributed by atoms with Gasteiger partial charge in [-0.3, -0.25) is 9.69 Å². The van der Waals surface area contributed by atoms with Crippen molar-refractivity contribution in [3.05, 3.63) is 24.2 Å². The zero-order valence-corrected chi connectivity index (χ0v) is 14.0. The molecule has 7 nitrogen and oxygen atoms in total. The summed E-state index contributed by atoms with van der Waals surface area (Å²) in [7, 11) is 0.450. The van der Waals surface area contributed by atoms with E-state index in [0.717, 1.165) is 12.0 Å². The second-order valence-electron chi connectivity index (χ2n) is 5.77. The molecule has 8 heteroatoms. The number of nitrogens with zero attached hydrogens (tertiary/aromatic N) is 2. The molecule has 0 saturated carbocycles. The number of carbonyl (C=O) groups excluding carboxylic acids is 1. The average molecular weight is 329 g/mol. The summed E-state index contributed by atoms with van der Waals surface area (Å²) in [5.74, 6) is 0.512. The van der Waals surface area contributed by atoms with E-state index >= 15 is 0 Å². The smallest absolute Gasteiger partial charge is 0.238 e. The molecular weight excluding hydrogens is 306 g/mol. The van der Waals surface area contributed by atoms with Crippen LogP contribution in [0.25, 0.3) is 0 Å². The quantitative estimate of drug-likeness (QED) is 0.818. The number of furan rings is 1. The van der Waals surface area contributed by atoms with Crippen molar-refractivity contribution in [2.24, 2.45) is 0 Å². The number of nitrogens with one attached hydrogen (secondary N) is 1. The van der Waals surface area contributed by atoms with Crippen LogP contribution in [-0.4, -0.2) is 63.0 Å². The summed E-state index contributed by atoms with van der Waals surface area (Å²) in [6, 6.07) is 2.96. The molecule has 2 heterocycles. The Kier molecular flexibility index (Phi) is 5.25. The highest BCUT2D eigenvalue weighted by atomic mass is 32.2. The molecule has 124 valence electrons. The maximum absolute atomic E-state index is 12.3. The molecule has 0 aliphatic carbocycles.